The SMILES string of the molecule is NC(c1cc(Cl)ccc1I)c1c(F)cc(F)cc1F. The molecule has 0 aromatic heterocycles. The second-order valence-corrected chi connectivity index (χ2v) is 5.53. The smallest absolute Gasteiger partial charge is 0.134 e. The summed E-state index contributed by atoms with van der Waals surface area (Å²) in [5, 5.41) is 0.411. The van der Waals surface area contributed by atoms with Crippen LogP contribution >= 0.6 is 34.2 Å². The Morgan fingerprint density at radius 3 is 2.21 bits per heavy atom. The van der Waals surface area contributed by atoms with E-state index >= 15 is 0 Å². The molecule has 2 N–H and O–H groups in total. The van der Waals surface area contributed by atoms with Crippen LogP contribution < -0.4 is 5.73 Å². The third kappa shape index (κ3) is 3.04. The van der Waals surface area contributed by atoms with Gasteiger partial charge in [-0.2, -0.15) is 0 Å². The van der Waals surface area contributed by atoms with Crippen molar-refractivity contribution in [1.82, 2.24) is 0 Å². The molecule has 1 atom stereocenters. The van der Waals surface area contributed by atoms with Crippen molar-refractivity contribution in [1.29, 1.82) is 0 Å². The van der Waals surface area contributed by atoms with E-state index in [0.29, 0.717) is 22.7 Å². The van der Waals surface area contributed by atoms with Gasteiger partial charge in [0, 0.05) is 26.3 Å². The topological polar surface area (TPSA) is 26.0 Å². The van der Waals surface area contributed by atoms with Gasteiger partial charge >= 0.3 is 0 Å². The first kappa shape index (κ1) is 14.6. The molecule has 0 heterocycles. The molecule has 0 radical (unpaired) electrons. The number of rotatable bonds is 2. The second-order valence-electron chi connectivity index (χ2n) is 3.93. The zero-order chi connectivity index (χ0) is 14.2. The molecule has 0 aliphatic carbocycles. The fraction of sp³-hybridized carbons (Fsp3) is 0.0769. The summed E-state index contributed by atoms with van der Waals surface area (Å²) in [5.74, 6) is -3.01. The van der Waals surface area contributed by atoms with Gasteiger partial charge in [-0.3, -0.25) is 0 Å². The molecule has 0 aliphatic heterocycles. The minimum absolute atomic E-state index is 0.374. The maximum atomic E-state index is 13.7. The molecule has 0 spiro atoms. The summed E-state index contributed by atoms with van der Waals surface area (Å²) in [6.07, 6.45) is 0. The zero-order valence-corrected chi connectivity index (χ0v) is 12.3. The van der Waals surface area contributed by atoms with E-state index in [1.807, 2.05) is 22.6 Å². The summed E-state index contributed by atoms with van der Waals surface area (Å²) in [6, 6.07) is 5.04. The molecular formula is C13H8ClF3IN. The van der Waals surface area contributed by atoms with Crippen LogP contribution in [0.5, 0.6) is 0 Å². The van der Waals surface area contributed by atoms with E-state index in [4.69, 9.17) is 17.3 Å². The lowest BCUT2D eigenvalue weighted by atomic mass is 9.98. The van der Waals surface area contributed by atoms with Crippen molar-refractivity contribution in [3.63, 3.8) is 0 Å². The summed E-state index contributed by atoms with van der Waals surface area (Å²) in [5.41, 5.74) is 5.98. The van der Waals surface area contributed by atoms with Crippen LogP contribution in [0.2, 0.25) is 5.02 Å². The lowest BCUT2D eigenvalue weighted by Crippen LogP contribution is -2.17. The second kappa shape index (κ2) is 5.68. The average molecular weight is 398 g/mol. The van der Waals surface area contributed by atoms with Gasteiger partial charge in [-0.1, -0.05) is 11.6 Å². The van der Waals surface area contributed by atoms with Crippen LogP contribution in [0.3, 0.4) is 0 Å². The van der Waals surface area contributed by atoms with E-state index in [-0.39, 0.29) is 5.56 Å². The Kier molecular flexibility index (Phi) is 4.37. The number of nitrogens with two attached hydrogens (primary N) is 1. The summed E-state index contributed by atoms with van der Waals surface area (Å²) < 4.78 is 41.0. The van der Waals surface area contributed by atoms with E-state index < -0.39 is 23.5 Å². The first-order valence-corrected chi connectivity index (χ1v) is 6.71. The Hall–Kier alpha value is -0.790. The minimum atomic E-state index is -1.05. The predicted octanol–water partition coefficient (Wildman–Crippen LogP) is 4.41. The predicted molar refractivity (Wildman–Crippen MR) is 76.5 cm³/mol. The van der Waals surface area contributed by atoms with Crippen molar-refractivity contribution in [2.45, 2.75) is 6.04 Å². The molecule has 100 valence electrons. The monoisotopic (exact) mass is 397 g/mol. The van der Waals surface area contributed by atoms with Crippen LogP contribution in [0.4, 0.5) is 13.2 Å². The normalized spacial score (nSPS) is 12.5. The summed E-state index contributed by atoms with van der Waals surface area (Å²) in [7, 11) is 0. The van der Waals surface area contributed by atoms with Crippen molar-refractivity contribution in [2.24, 2.45) is 5.73 Å². The van der Waals surface area contributed by atoms with E-state index in [1.54, 1.807) is 12.1 Å². The van der Waals surface area contributed by atoms with Gasteiger partial charge < -0.3 is 5.73 Å². The largest absolute Gasteiger partial charge is 0.320 e. The molecule has 0 fully saturated rings. The Morgan fingerprint density at radius 2 is 1.63 bits per heavy atom. The van der Waals surface area contributed by atoms with Gasteiger partial charge in [0.05, 0.1) is 6.04 Å². The molecule has 1 unspecified atom stereocenters. The number of benzene rings is 2. The molecule has 2 rings (SSSR count). The van der Waals surface area contributed by atoms with Gasteiger partial charge in [-0.25, -0.2) is 13.2 Å². The average Bonchev–Trinajstić information content (AvgIpc) is 2.30. The lowest BCUT2D eigenvalue weighted by Gasteiger charge is -2.16. The molecule has 0 saturated heterocycles. The van der Waals surface area contributed by atoms with Crippen LogP contribution in [0.25, 0.3) is 0 Å². The Balaban J connectivity index is 2.56. The number of halogens is 5. The highest BCUT2D eigenvalue weighted by Crippen LogP contribution is 2.30. The van der Waals surface area contributed by atoms with Crippen molar-refractivity contribution >= 4 is 34.2 Å². The Bertz CT molecular complexity index is 610. The van der Waals surface area contributed by atoms with Crippen molar-refractivity contribution in [3.05, 3.63) is 67.5 Å². The molecule has 2 aromatic carbocycles. The maximum Gasteiger partial charge on any atom is 0.134 e. The molecular weight excluding hydrogens is 390 g/mol. The molecule has 0 bridgehead atoms. The first-order chi connectivity index (χ1) is 8.90. The molecule has 0 aliphatic rings. The highest BCUT2D eigenvalue weighted by atomic mass is 127. The van der Waals surface area contributed by atoms with Crippen molar-refractivity contribution < 1.29 is 13.2 Å². The van der Waals surface area contributed by atoms with Gasteiger partial charge in [-0.05, 0) is 46.4 Å². The molecule has 0 amide bonds. The highest BCUT2D eigenvalue weighted by Gasteiger charge is 2.21. The number of hydrogen-bond acceptors (Lipinski definition) is 1. The van der Waals surface area contributed by atoms with Crippen LogP contribution in [0, 0.1) is 21.0 Å². The molecule has 0 saturated carbocycles. The molecule has 6 heteroatoms. The fourth-order valence-corrected chi connectivity index (χ4v) is 2.61. The molecule has 1 nitrogen and oxygen atoms in total. The van der Waals surface area contributed by atoms with Crippen LogP contribution in [0.15, 0.2) is 30.3 Å². The Morgan fingerprint density at radius 1 is 1.05 bits per heavy atom. The van der Waals surface area contributed by atoms with Gasteiger partial charge in [-0.15, -0.1) is 0 Å². The van der Waals surface area contributed by atoms with Gasteiger partial charge in [0.15, 0.2) is 0 Å². The number of hydrogen-bond donors (Lipinski definition) is 1. The Labute approximate surface area is 126 Å². The summed E-state index contributed by atoms with van der Waals surface area (Å²) >= 11 is 7.84. The quantitative estimate of drug-likeness (QED) is 0.747. The van der Waals surface area contributed by atoms with Crippen LogP contribution in [-0.4, -0.2) is 0 Å². The lowest BCUT2D eigenvalue weighted by molar-refractivity contribution is 0.515. The van der Waals surface area contributed by atoms with E-state index in [1.165, 1.54) is 6.07 Å². The van der Waals surface area contributed by atoms with Crippen molar-refractivity contribution in [3.8, 4) is 0 Å². The third-order valence-electron chi connectivity index (χ3n) is 2.65. The van der Waals surface area contributed by atoms with Gasteiger partial charge in [0.25, 0.3) is 0 Å². The highest BCUT2D eigenvalue weighted by molar-refractivity contribution is 14.1. The van der Waals surface area contributed by atoms with E-state index in [2.05, 4.69) is 0 Å². The fourth-order valence-electron chi connectivity index (χ4n) is 1.76. The van der Waals surface area contributed by atoms with E-state index in [9.17, 15) is 13.2 Å². The first-order valence-electron chi connectivity index (χ1n) is 5.25. The minimum Gasteiger partial charge on any atom is -0.320 e. The molecule has 19 heavy (non-hydrogen) atoms. The van der Waals surface area contributed by atoms with Crippen LogP contribution in [0.1, 0.15) is 17.2 Å². The molecule has 2 aromatic rings. The van der Waals surface area contributed by atoms with E-state index in [0.717, 1.165) is 3.57 Å². The zero-order valence-electron chi connectivity index (χ0n) is 9.43. The van der Waals surface area contributed by atoms with Crippen LogP contribution in [-0.2, 0) is 0 Å². The third-order valence-corrected chi connectivity index (χ3v) is 3.87. The maximum absolute atomic E-state index is 13.7. The summed E-state index contributed by atoms with van der Waals surface area (Å²) in [6.45, 7) is 0. The van der Waals surface area contributed by atoms with Gasteiger partial charge in [0.2, 0.25) is 0 Å². The van der Waals surface area contributed by atoms with Gasteiger partial charge in [0.1, 0.15) is 17.5 Å². The summed E-state index contributed by atoms with van der Waals surface area (Å²) in [4.78, 5) is 0. The van der Waals surface area contributed by atoms with Crippen molar-refractivity contribution in [2.75, 3.05) is 0 Å². The standard InChI is InChI=1S/C13H8ClF3IN/c14-6-1-2-11(18)8(3-6)13(19)12-9(16)4-7(15)5-10(12)17/h1-5,13H,19H2.